The highest BCUT2D eigenvalue weighted by Crippen LogP contribution is 2.42. The van der Waals surface area contributed by atoms with Crippen molar-refractivity contribution < 1.29 is 18.9 Å². The SMILES string of the molecule is COC(=N)CC1COc2cc(OC3CCc4c3ccc(C#N)c4Cc3cccc(OC)c3)ccc21. The summed E-state index contributed by atoms with van der Waals surface area (Å²) in [7, 11) is 3.19. The van der Waals surface area contributed by atoms with Gasteiger partial charge in [-0.25, -0.2) is 0 Å². The predicted octanol–water partition coefficient (Wildman–Crippen LogP) is 5.71. The van der Waals surface area contributed by atoms with Crippen molar-refractivity contribution in [2.75, 3.05) is 20.8 Å². The Labute approximate surface area is 205 Å². The Bertz CT molecular complexity index is 1310. The number of nitriles is 1. The van der Waals surface area contributed by atoms with Crippen LogP contribution in [0.1, 0.15) is 58.2 Å². The maximum atomic E-state index is 9.77. The van der Waals surface area contributed by atoms with Crippen molar-refractivity contribution in [1.82, 2.24) is 0 Å². The summed E-state index contributed by atoms with van der Waals surface area (Å²) in [6, 6.07) is 20.3. The van der Waals surface area contributed by atoms with E-state index in [2.05, 4.69) is 12.1 Å². The molecule has 0 bridgehead atoms. The van der Waals surface area contributed by atoms with Crippen LogP contribution in [0.15, 0.2) is 54.6 Å². The molecule has 3 aromatic rings. The average molecular weight is 469 g/mol. The zero-order valence-corrected chi connectivity index (χ0v) is 20.0. The van der Waals surface area contributed by atoms with Gasteiger partial charge in [-0.05, 0) is 65.8 Å². The van der Waals surface area contributed by atoms with Gasteiger partial charge < -0.3 is 18.9 Å². The van der Waals surface area contributed by atoms with Crippen molar-refractivity contribution in [2.45, 2.75) is 37.7 Å². The molecule has 0 saturated carbocycles. The van der Waals surface area contributed by atoms with Gasteiger partial charge >= 0.3 is 0 Å². The van der Waals surface area contributed by atoms with E-state index in [-0.39, 0.29) is 17.9 Å². The zero-order valence-electron chi connectivity index (χ0n) is 20.0. The molecule has 6 nitrogen and oxygen atoms in total. The van der Waals surface area contributed by atoms with Crippen LogP contribution in [0.2, 0.25) is 0 Å². The van der Waals surface area contributed by atoms with E-state index in [1.54, 1.807) is 7.11 Å². The summed E-state index contributed by atoms with van der Waals surface area (Å²) in [6.07, 6.45) is 2.87. The fourth-order valence-electron chi connectivity index (χ4n) is 5.13. The van der Waals surface area contributed by atoms with Gasteiger partial charge in [0.05, 0.1) is 32.5 Å². The molecule has 1 aliphatic carbocycles. The number of ether oxygens (including phenoxy) is 4. The van der Waals surface area contributed by atoms with Crippen molar-refractivity contribution in [3.8, 4) is 23.3 Å². The summed E-state index contributed by atoms with van der Waals surface area (Å²) in [4.78, 5) is 0. The lowest BCUT2D eigenvalue weighted by molar-refractivity contribution is 0.206. The first kappa shape index (κ1) is 22.8. The molecule has 0 fully saturated rings. The molecule has 1 N–H and O–H groups in total. The summed E-state index contributed by atoms with van der Waals surface area (Å²) in [5.41, 5.74) is 6.36. The molecule has 3 aromatic carbocycles. The molecule has 1 heterocycles. The van der Waals surface area contributed by atoms with Crippen LogP contribution >= 0.6 is 0 Å². The van der Waals surface area contributed by atoms with Crippen molar-refractivity contribution in [3.05, 3.63) is 88.0 Å². The van der Waals surface area contributed by atoms with Crippen LogP contribution in [-0.2, 0) is 17.6 Å². The number of nitrogens with zero attached hydrogens (tertiary/aromatic N) is 1. The largest absolute Gasteiger partial charge is 0.497 e. The molecule has 2 unspecified atom stereocenters. The third-order valence-corrected chi connectivity index (χ3v) is 6.93. The minimum absolute atomic E-state index is 0.0706. The number of hydrogen-bond acceptors (Lipinski definition) is 6. The lowest BCUT2D eigenvalue weighted by Crippen LogP contribution is -2.09. The summed E-state index contributed by atoms with van der Waals surface area (Å²) in [6.45, 7) is 0.543. The molecule has 35 heavy (non-hydrogen) atoms. The predicted molar refractivity (Wildman–Crippen MR) is 133 cm³/mol. The summed E-state index contributed by atoms with van der Waals surface area (Å²) in [5.74, 6) is 2.78. The van der Waals surface area contributed by atoms with Crippen LogP contribution in [0, 0.1) is 16.7 Å². The van der Waals surface area contributed by atoms with E-state index in [4.69, 9.17) is 24.4 Å². The highest BCUT2D eigenvalue weighted by atomic mass is 16.5. The molecule has 178 valence electrons. The summed E-state index contributed by atoms with van der Waals surface area (Å²) >= 11 is 0. The number of methoxy groups -OCH3 is 2. The van der Waals surface area contributed by atoms with E-state index in [0.29, 0.717) is 25.0 Å². The monoisotopic (exact) mass is 468 g/mol. The Morgan fingerprint density at radius 3 is 2.74 bits per heavy atom. The third-order valence-electron chi connectivity index (χ3n) is 6.93. The van der Waals surface area contributed by atoms with Crippen LogP contribution in [0.25, 0.3) is 0 Å². The third kappa shape index (κ3) is 4.54. The van der Waals surface area contributed by atoms with Crippen molar-refractivity contribution in [1.29, 1.82) is 10.7 Å². The Kier molecular flexibility index (Phi) is 6.33. The van der Waals surface area contributed by atoms with Crippen LogP contribution in [0.3, 0.4) is 0 Å². The lowest BCUT2D eigenvalue weighted by atomic mass is 9.92. The molecule has 0 saturated heterocycles. The van der Waals surface area contributed by atoms with E-state index >= 15 is 0 Å². The molecule has 0 aromatic heterocycles. The van der Waals surface area contributed by atoms with Gasteiger partial charge in [0, 0.05) is 24.0 Å². The number of nitrogens with one attached hydrogen (secondary N) is 1. The molecule has 0 radical (unpaired) electrons. The second kappa shape index (κ2) is 9.71. The number of fused-ring (bicyclic) bond motifs is 2. The molecule has 0 spiro atoms. The Morgan fingerprint density at radius 2 is 1.94 bits per heavy atom. The maximum Gasteiger partial charge on any atom is 0.180 e. The highest BCUT2D eigenvalue weighted by Gasteiger charge is 2.30. The van der Waals surface area contributed by atoms with Crippen molar-refractivity contribution >= 4 is 5.90 Å². The van der Waals surface area contributed by atoms with Gasteiger partial charge in [0.15, 0.2) is 5.90 Å². The fourth-order valence-corrected chi connectivity index (χ4v) is 5.13. The van der Waals surface area contributed by atoms with E-state index < -0.39 is 0 Å². The van der Waals surface area contributed by atoms with Gasteiger partial charge in [-0.3, -0.25) is 5.41 Å². The molecule has 0 amide bonds. The van der Waals surface area contributed by atoms with Crippen LogP contribution < -0.4 is 14.2 Å². The first-order valence-corrected chi connectivity index (χ1v) is 11.8. The van der Waals surface area contributed by atoms with E-state index in [0.717, 1.165) is 52.3 Å². The standard InChI is InChI=1S/C29H28N2O4/c1-32-21-5-3-4-18(12-21)13-26-19(16-30)6-8-25-24(26)10-11-27(25)35-22-7-9-23-20(14-29(31)33-2)17-34-28(23)15-22/h3-9,12,15,20,27,31H,10-11,13-14,17H2,1-2H3. The van der Waals surface area contributed by atoms with Crippen LogP contribution in [0.4, 0.5) is 0 Å². The Morgan fingerprint density at radius 1 is 1.09 bits per heavy atom. The second-order valence-electron chi connectivity index (χ2n) is 8.98. The van der Waals surface area contributed by atoms with Crippen molar-refractivity contribution in [2.24, 2.45) is 0 Å². The Balaban J connectivity index is 1.37. The zero-order chi connectivity index (χ0) is 24.4. The Hall–Kier alpha value is -3.98. The summed E-state index contributed by atoms with van der Waals surface area (Å²) in [5, 5.41) is 17.6. The molecular weight excluding hydrogens is 440 g/mol. The molecular formula is C29H28N2O4. The quantitative estimate of drug-likeness (QED) is 0.354. The molecule has 2 atom stereocenters. The van der Waals surface area contributed by atoms with Gasteiger partial charge in [-0.15, -0.1) is 0 Å². The van der Waals surface area contributed by atoms with E-state index in [9.17, 15) is 5.26 Å². The van der Waals surface area contributed by atoms with Crippen LogP contribution in [-0.4, -0.2) is 26.7 Å². The molecule has 1 aliphatic heterocycles. The molecule has 5 rings (SSSR count). The normalized spacial score (nSPS) is 17.6. The second-order valence-corrected chi connectivity index (χ2v) is 8.98. The van der Waals surface area contributed by atoms with Gasteiger partial charge in [-0.2, -0.15) is 5.26 Å². The first-order chi connectivity index (χ1) is 17.1. The van der Waals surface area contributed by atoms with E-state index in [1.807, 2.05) is 48.5 Å². The highest BCUT2D eigenvalue weighted by molar-refractivity contribution is 5.74. The topological polar surface area (TPSA) is 84.6 Å². The first-order valence-electron chi connectivity index (χ1n) is 11.8. The van der Waals surface area contributed by atoms with Crippen LogP contribution in [0.5, 0.6) is 17.2 Å². The molecule has 6 heteroatoms. The van der Waals surface area contributed by atoms with Gasteiger partial charge in [0.1, 0.15) is 23.4 Å². The number of hydrogen-bond donors (Lipinski definition) is 1. The smallest absolute Gasteiger partial charge is 0.180 e. The van der Waals surface area contributed by atoms with Gasteiger partial charge in [-0.1, -0.05) is 24.3 Å². The number of rotatable bonds is 7. The van der Waals surface area contributed by atoms with Gasteiger partial charge in [0.25, 0.3) is 0 Å². The minimum atomic E-state index is -0.0706. The van der Waals surface area contributed by atoms with Crippen molar-refractivity contribution in [3.63, 3.8) is 0 Å². The van der Waals surface area contributed by atoms with E-state index in [1.165, 1.54) is 12.7 Å². The van der Waals surface area contributed by atoms with Gasteiger partial charge in [0.2, 0.25) is 0 Å². The maximum absolute atomic E-state index is 9.77. The fraction of sp³-hybridized carbons (Fsp3) is 0.310. The average Bonchev–Trinajstić information content (AvgIpc) is 3.48. The number of benzene rings is 3. The molecule has 2 aliphatic rings. The lowest BCUT2D eigenvalue weighted by Gasteiger charge is -2.17. The minimum Gasteiger partial charge on any atom is -0.497 e. The summed E-state index contributed by atoms with van der Waals surface area (Å²) < 4.78 is 22.7.